The smallest absolute Gasteiger partial charge is 0.0910 e. The van der Waals surface area contributed by atoms with Gasteiger partial charge in [-0.05, 0) is 56.1 Å². The van der Waals surface area contributed by atoms with Gasteiger partial charge in [-0.25, -0.2) is 0 Å². The van der Waals surface area contributed by atoms with Crippen LogP contribution in [0.1, 0.15) is 49.0 Å². The van der Waals surface area contributed by atoms with Gasteiger partial charge < -0.3 is 5.11 Å². The van der Waals surface area contributed by atoms with E-state index in [-0.39, 0.29) is 6.10 Å². The molecule has 3 atom stereocenters. The summed E-state index contributed by atoms with van der Waals surface area (Å²) in [6.07, 6.45) is 3.46. The van der Waals surface area contributed by atoms with Crippen LogP contribution in [0.5, 0.6) is 0 Å². The van der Waals surface area contributed by atoms with Crippen molar-refractivity contribution in [2.75, 3.05) is 0 Å². The molecule has 0 radical (unpaired) electrons. The maximum absolute atomic E-state index is 10.4. The predicted octanol–water partition coefficient (Wildman–Crippen LogP) is 4.16. The summed E-state index contributed by atoms with van der Waals surface area (Å²) in [4.78, 5) is 2.45. The second-order valence-corrected chi connectivity index (χ2v) is 6.89. The number of hydrogen-bond donors (Lipinski definition) is 1. The van der Waals surface area contributed by atoms with Crippen LogP contribution in [-0.4, -0.2) is 5.11 Å². The maximum Gasteiger partial charge on any atom is 0.0910 e. The highest BCUT2D eigenvalue weighted by Gasteiger charge is 2.30. The molecule has 2 heteroatoms. The van der Waals surface area contributed by atoms with Crippen molar-refractivity contribution in [3.05, 3.63) is 21.9 Å². The van der Waals surface area contributed by atoms with Gasteiger partial charge in [-0.1, -0.05) is 13.8 Å². The minimum Gasteiger partial charge on any atom is -0.387 e. The van der Waals surface area contributed by atoms with E-state index in [2.05, 4.69) is 32.9 Å². The van der Waals surface area contributed by atoms with Crippen molar-refractivity contribution in [2.24, 2.45) is 17.8 Å². The summed E-state index contributed by atoms with van der Waals surface area (Å²) in [6, 6.07) is 4.20. The lowest BCUT2D eigenvalue weighted by Gasteiger charge is -2.34. The maximum atomic E-state index is 10.4. The van der Waals surface area contributed by atoms with Crippen LogP contribution in [0.4, 0.5) is 0 Å². The number of thiophene rings is 1. The first-order valence-electron chi connectivity index (χ1n) is 6.30. The molecule has 0 bridgehead atoms. The van der Waals surface area contributed by atoms with Crippen LogP contribution < -0.4 is 0 Å². The Morgan fingerprint density at radius 2 is 1.81 bits per heavy atom. The summed E-state index contributed by atoms with van der Waals surface area (Å²) in [7, 11) is 0. The number of rotatable bonds is 2. The van der Waals surface area contributed by atoms with Crippen molar-refractivity contribution in [1.29, 1.82) is 0 Å². The molecule has 0 aromatic carbocycles. The van der Waals surface area contributed by atoms with E-state index in [4.69, 9.17) is 0 Å². The zero-order valence-corrected chi connectivity index (χ0v) is 11.3. The van der Waals surface area contributed by atoms with Crippen molar-refractivity contribution in [3.8, 4) is 0 Å². The van der Waals surface area contributed by atoms with Crippen LogP contribution >= 0.6 is 11.3 Å². The lowest BCUT2D eigenvalue weighted by molar-refractivity contribution is 0.0577. The van der Waals surface area contributed by atoms with Crippen molar-refractivity contribution >= 4 is 11.3 Å². The molecule has 1 fully saturated rings. The molecule has 16 heavy (non-hydrogen) atoms. The topological polar surface area (TPSA) is 20.2 Å². The fraction of sp³-hybridized carbons (Fsp3) is 0.714. The molecule has 1 aliphatic rings. The first-order valence-corrected chi connectivity index (χ1v) is 7.12. The molecular weight excluding hydrogens is 216 g/mol. The predicted molar refractivity (Wildman–Crippen MR) is 69.7 cm³/mol. The Balaban J connectivity index is 2.06. The Kier molecular flexibility index (Phi) is 3.70. The largest absolute Gasteiger partial charge is 0.387 e. The Hall–Kier alpha value is -0.340. The monoisotopic (exact) mass is 238 g/mol. The Bertz CT molecular complexity index is 334. The molecule has 2 rings (SSSR count). The molecule has 0 spiro atoms. The minimum atomic E-state index is -0.233. The van der Waals surface area contributed by atoms with E-state index in [1.807, 2.05) is 0 Å². The molecule has 0 saturated heterocycles. The van der Waals surface area contributed by atoms with Crippen LogP contribution in [0.2, 0.25) is 0 Å². The van der Waals surface area contributed by atoms with Gasteiger partial charge in [-0.15, -0.1) is 11.3 Å². The van der Waals surface area contributed by atoms with Crippen LogP contribution in [0.25, 0.3) is 0 Å². The lowest BCUT2D eigenvalue weighted by atomic mass is 9.74. The van der Waals surface area contributed by atoms with E-state index in [0.29, 0.717) is 5.92 Å². The fourth-order valence-corrected chi connectivity index (χ4v) is 4.07. The number of aliphatic hydroxyl groups is 1. The second-order valence-electron chi connectivity index (χ2n) is 5.57. The number of aliphatic hydroxyl groups excluding tert-OH is 1. The highest BCUT2D eigenvalue weighted by molar-refractivity contribution is 7.12. The second kappa shape index (κ2) is 4.89. The van der Waals surface area contributed by atoms with Gasteiger partial charge in [0, 0.05) is 9.75 Å². The first kappa shape index (κ1) is 12.1. The molecule has 1 heterocycles. The van der Waals surface area contributed by atoms with E-state index >= 15 is 0 Å². The van der Waals surface area contributed by atoms with Gasteiger partial charge in [-0.3, -0.25) is 0 Å². The molecule has 1 N–H and O–H groups in total. The van der Waals surface area contributed by atoms with Crippen molar-refractivity contribution in [3.63, 3.8) is 0 Å². The summed E-state index contributed by atoms with van der Waals surface area (Å²) in [5, 5.41) is 10.4. The molecular formula is C14H22OS. The van der Waals surface area contributed by atoms with E-state index in [1.165, 1.54) is 24.1 Å². The van der Waals surface area contributed by atoms with Gasteiger partial charge in [0.25, 0.3) is 0 Å². The van der Waals surface area contributed by atoms with Crippen molar-refractivity contribution in [1.82, 2.24) is 0 Å². The third-order valence-corrected chi connectivity index (χ3v) is 4.79. The molecule has 1 aromatic heterocycles. The Morgan fingerprint density at radius 3 is 2.31 bits per heavy atom. The van der Waals surface area contributed by atoms with E-state index in [1.54, 1.807) is 11.3 Å². The highest BCUT2D eigenvalue weighted by atomic mass is 32.1. The summed E-state index contributed by atoms with van der Waals surface area (Å²) in [5.41, 5.74) is 0. The fourth-order valence-electron chi connectivity index (χ4n) is 3.11. The average molecular weight is 238 g/mol. The Labute approximate surface area is 103 Å². The number of hydrogen-bond acceptors (Lipinski definition) is 2. The van der Waals surface area contributed by atoms with E-state index in [0.717, 1.165) is 16.7 Å². The number of aryl methyl sites for hydroxylation is 1. The van der Waals surface area contributed by atoms with E-state index < -0.39 is 0 Å². The molecule has 1 saturated carbocycles. The quantitative estimate of drug-likeness (QED) is 0.820. The van der Waals surface area contributed by atoms with E-state index in [9.17, 15) is 5.11 Å². The average Bonchev–Trinajstić information content (AvgIpc) is 2.62. The minimum absolute atomic E-state index is 0.233. The third kappa shape index (κ3) is 2.67. The van der Waals surface area contributed by atoms with Crippen LogP contribution in [0, 0.1) is 24.7 Å². The summed E-state index contributed by atoms with van der Waals surface area (Å²) in [5.74, 6) is 2.01. The molecule has 0 aliphatic heterocycles. The van der Waals surface area contributed by atoms with Crippen LogP contribution in [-0.2, 0) is 0 Å². The highest BCUT2D eigenvalue weighted by Crippen LogP contribution is 2.41. The Morgan fingerprint density at radius 1 is 1.19 bits per heavy atom. The van der Waals surface area contributed by atoms with Gasteiger partial charge in [0.2, 0.25) is 0 Å². The van der Waals surface area contributed by atoms with Gasteiger partial charge in [0.05, 0.1) is 6.10 Å². The lowest BCUT2D eigenvalue weighted by Crippen LogP contribution is -2.24. The van der Waals surface area contributed by atoms with Gasteiger partial charge in [0.1, 0.15) is 0 Å². The third-order valence-electron chi connectivity index (χ3n) is 3.71. The van der Waals surface area contributed by atoms with Crippen LogP contribution in [0.3, 0.4) is 0 Å². The summed E-state index contributed by atoms with van der Waals surface area (Å²) < 4.78 is 0. The normalized spacial score (nSPS) is 32.6. The molecule has 3 unspecified atom stereocenters. The summed E-state index contributed by atoms with van der Waals surface area (Å²) >= 11 is 1.74. The molecule has 90 valence electrons. The van der Waals surface area contributed by atoms with Gasteiger partial charge in [-0.2, -0.15) is 0 Å². The van der Waals surface area contributed by atoms with Crippen LogP contribution in [0.15, 0.2) is 12.1 Å². The SMILES string of the molecule is Cc1ccc(C(O)C2CC(C)CC(C)C2)s1. The van der Waals surface area contributed by atoms with Crippen molar-refractivity contribution in [2.45, 2.75) is 46.1 Å². The zero-order chi connectivity index (χ0) is 11.7. The molecule has 0 amide bonds. The first-order chi connectivity index (χ1) is 7.56. The zero-order valence-electron chi connectivity index (χ0n) is 10.4. The van der Waals surface area contributed by atoms with Gasteiger partial charge >= 0.3 is 0 Å². The molecule has 1 aromatic rings. The molecule has 1 nitrogen and oxygen atoms in total. The summed E-state index contributed by atoms with van der Waals surface area (Å²) in [6.45, 7) is 6.73. The van der Waals surface area contributed by atoms with Crippen molar-refractivity contribution < 1.29 is 5.11 Å². The molecule has 1 aliphatic carbocycles. The standard InChI is InChI=1S/C14H22OS/c1-9-6-10(2)8-12(7-9)14(15)13-5-4-11(3)16-13/h4-5,9-10,12,14-15H,6-8H2,1-3H3. The van der Waals surface area contributed by atoms with Gasteiger partial charge in [0.15, 0.2) is 0 Å².